The fourth-order valence-corrected chi connectivity index (χ4v) is 3.34. The zero-order valence-corrected chi connectivity index (χ0v) is 15.8. The second-order valence-electron chi connectivity index (χ2n) is 6.91. The highest BCUT2D eigenvalue weighted by atomic mass is 35.5. The van der Waals surface area contributed by atoms with E-state index in [0.717, 1.165) is 43.1 Å². The van der Waals surface area contributed by atoms with E-state index in [1.165, 1.54) is 19.4 Å². The van der Waals surface area contributed by atoms with E-state index in [1.807, 2.05) is 19.1 Å². The summed E-state index contributed by atoms with van der Waals surface area (Å²) in [6, 6.07) is 6.17. The molecule has 6 heteroatoms. The van der Waals surface area contributed by atoms with Gasteiger partial charge in [-0.1, -0.05) is 11.6 Å². The van der Waals surface area contributed by atoms with E-state index >= 15 is 0 Å². The number of piperidine rings is 1. The van der Waals surface area contributed by atoms with Gasteiger partial charge in [0.1, 0.15) is 0 Å². The van der Waals surface area contributed by atoms with E-state index in [0.29, 0.717) is 17.6 Å². The van der Waals surface area contributed by atoms with Crippen molar-refractivity contribution in [3.8, 4) is 0 Å². The van der Waals surface area contributed by atoms with Crippen LogP contribution in [-0.2, 0) is 4.79 Å². The molecule has 0 unspecified atom stereocenters. The fourth-order valence-electron chi connectivity index (χ4n) is 3.11. The summed E-state index contributed by atoms with van der Waals surface area (Å²) in [6.07, 6.45) is 5.08. The van der Waals surface area contributed by atoms with Crippen LogP contribution < -0.4 is 10.6 Å². The number of halogens is 2. The molecule has 0 atom stereocenters. The molecule has 0 bridgehead atoms. The number of rotatable bonds is 6. The summed E-state index contributed by atoms with van der Waals surface area (Å²) in [5, 5.41) is 7.36. The minimum Gasteiger partial charge on any atom is -0.325 e. The van der Waals surface area contributed by atoms with E-state index in [2.05, 4.69) is 15.5 Å². The van der Waals surface area contributed by atoms with Crippen molar-refractivity contribution in [2.75, 3.05) is 31.5 Å². The monoisotopic (exact) mass is 371 g/mol. The quantitative estimate of drug-likeness (QED) is 0.804. The average Bonchev–Trinajstić information content (AvgIpc) is 3.34. The first-order chi connectivity index (χ1) is 11.1. The summed E-state index contributed by atoms with van der Waals surface area (Å²) >= 11 is 5.94. The second-order valence-corrected chi connectivity index (χ2v) is 7.35. The summed E-state index contributed by atoms with van der Waals surface area (Å²) in [5.74, 6) is 0.987. The minimum absolute atomic E-state index is 0. The van der Waals surface area contributed by atoms with E-state index in [1.54, 1.807) is 6.07 Å². The highest BCUT2D eigenvalue weighted by molar-refractivity contribution is 6.30. The predicted molar refractivity (Wildman–Crippen MR) is 102 cm³/mol. The van der Waals surface area contributed by atoms with Gasteiger partial charge in [0, 0.05) is 29.8 Å². The maximum Gasteiger partial charge on any atom is 0.238 e. The van der Waals surface area contributed by atoms with Crippen LogP contribution in [0.15, 0.2) is 18.2 Å². The largest absolute Gasteiger partial charge is 0.325 e. The smallest absolute Gasteiger partial charge is 0.238 e. The average molecular weight is 372 g/mol. The lowest BCUT2D eigenvalue weighted by Crippen LogP contribution is -2.45. The van der Waals surface area contributed by atoms with Crippen molar-refractivity contribution in [3.63, 3.8) is 0 Å². The molecule has 1 amide bonds. The molecular weight excluding hydrogens is 345 g/mol. The summed E-state index contributed by atoms with van der Waals surface area (Å²) < 4.78 is 0. The molecule has 24 heavy (non-hydrogen) atoms. The Balaban J connectivity index is 0.00000208. The Bertz CT molecular complexity index is 555. The number of carbonyl (C=O) groups is 1. The Morgan fingerprint density at radius 2 is 1.96 bits per heavy atom. The van der Waals surface area contributed by atoms with Crippen molar-refractivity contribution in [1.82, 2.24) is 10.2 Å². The Morgan fingerprint density at radius 1 is 1.25 bits per heavy atom. The van der Waals surface area contributed by atoms with E-state index < -0.39 is 0 Å². The van der Waals surface area contributed by atoms with Crippen molar-refractivity contribution in [2.24, 2.45) is 5.92 Å². The van der Waals surface area contributed by atoms with E-state index in [4.69, 9.17) is 11.6 Å². The molecule has 0 spiro atoms. The fraction of sp³-hybridized carbons (Fsp3) is 0.611. The number of anilines is 1. The third-order valence-corrected chi connectivity index (χ3v) is 5.04. The highest BCUT2D eigenvalue weighted by Crippen LogP contribution is 2.28. The zero-order chi connectivity index (χ0) is 16.2. The van der Waals surface area contributed by atoms with Crippen LogP contribution in [0.2, 0.25) is 5.02 Å². The van der Waals surface area contributed by atoms with Crippen molar-refractivity contribution < 1.29 is 4.79 Å². The van der Waals surface area contributed by atoms with Crippen LogP contribution in [0.4, 0.5) is 5.69 Å². The van der Waals surface area contributed by atoms with Crippen molar-refractivity contribution in [2.45, 2.75) is 38.6 Å². The topological polar surface area (TPSA) is 44.4 Å². The van der Waals surface area contributed by atoms with Crippen molar-refractivity contribution >= 4 is 35.6 Å². The lowest BCUT2D eigenvalue weighted by molar-refractivity contribution is -0.117. The molecule has 1 saturated carbocycles. The number of amides is 1. The molecule has 2 N–H and O–H groups in total. The van der Waals surface area contributed by atoms with Crippen molar-refractivity contribution in [3.05, 3.63) is 28.8 Å². The Kier molecular flexibility index (Phi) is 7.35. The van der Waals surface area contributed by atoms with Gasteiger partial charge in [0.25, 0.3) is 0 Å². The van der Waals surface area contributed by atoms with Gasteiger partial charge in [0.15, 0.2) is 0 Å². The SMILES string of the molecule is Cc1cc(Cl)ccc1NC(=O)CN1CCC(NCC2CC2)CC1.Cl. The molecule has 1 aromatic carbocycles. The summed E-state index contributed by atoms with van der Waals surface area (Å²) in [6.45, 7) is 5.60. The number of hydrogen-bond acceptors (Lipinski definition) is 3. The lowest BCUT2D eigenvalue weighted by Gasteiger charge is -2.32. The Morgan fingerprint density at radius 3 is 2.58 bits per heavy atom. The van der Waals surface area contributed by atoms with Gasteiger partial charge < -0.3 is 10.6 Å². The van der Waals surface area contributed by atoms with E-state index in [-0.39, 0.29) is 18.3 Å². The van der Waals surface area contributed by atoms with Crippen LogP contribution in [0.1, 0.15) is 31.2 Å². The minimum atomic E-state index is 0. The highest BCUT2D eigenvalue weighted by Gasteiger charge is 2.25. The molecule has 0 radical (unpaired) electrons. The summed E-state index contributed by atoms with van der Waals surface area (Å²) in [7, 11) is 0. The molecule has 3 rings (SSSR count). The van der Waals surface area contributed by atoms with Crippen LogP contribution >= 0.6 is 24.0 Å². The molecule has 1 aliphatic heterocycles. The summed E-state index contributed by atoms with van der Waals surface area (Å²) in [4.78, 5) is 14.5. The van der Waals surface area contributed by atoms with Gasteiger partial charge in [-0.15, -0.1) is 12.4 Å². The van der Waals surface area contributed by atoms with Crippen LogP contribution in [0.3, 0.4) is 0 Å². The van der Waals surface area contributed by atoms with Crippen LogP contribution in [-0.4, -0.2) is 43.0 Å². The second kappa shape index (κ2) is 9.04. The van der Waals surface area contributed by atoms with Gasteiger partial charge in [-0.2, -0.15) is 0 Å². The Labute approximate surface area is 155 Å². The molecular formula is C18H27Cl2N3O. The number of aryl methyl sites for hydroxylation is 1. The zero-order valence-electron chi connectivity index (χ0n) is 14.2. The van der Waals surface area contributed by atoms with Gasteiger partial charge in [-0.05, 0) is 68.8 Å². The van der Waals surface area contributed by atoms with Gasteiger partial charge >= 0.3 is 0 Å². The van der Waals surface area contributed by atoms with Gasteiger partial charge in [-0.3, -0.25) is 9.69 Å². The molecule has 1 aromatic rings. The standard InChI is InChI=1S/C18H26ClN3O.ClH/c1-13-10-15(19)4-5-17(13)21-18(23)12-22-8-6-16(7-9-22)20-11-14-2-3-14;/h4-5,10,14,16,20H,2-3,6-9,11-12H2,1H3,(H,21,23);1H. The molecule has 1 saturated heterocycles. The first kappa shape index (κ1) is 19.5. The maximum absolute atomic E-state index is 12.2. The number of carbonyl (C=O) groups excluding carboxylic acids is 1. The lowest BCUT2D eigenvalue weighted by atomic mass is 10.0. The number of nitrogens with one attached hydrogen (secondary N) is 2. The maximum atomic E-state index is 12.2. The molecule has 134 valence electrons. The van der Waals surface area contributed by atoms with Crippen LogP contribution in [0.25, 0.3) is 0 Å². The molecule has 1 aliphatic carbocycles. The van der Waals surface area contributed by atoms with Crippen molar-refractivity contribution in [1.29, 1.82) is 0 Å². The predicted octanol–water partition coefficient (Wildman–Crippen LogP) is 3.47. The third kappa shape index (κ3) is 5.92. The first-order valence-electron chi connectivity index (χ1n) is 8.62. The van der Waals surface area contributed by atoms with Gasteiger partial charge in [0.2, 0.25) is 5.91 Å². The number of hydrogen-bond donors (Lipinski definition) is 2. The van der Waals surface area contributed by atoms with E-state index in [9.17, 15) is 4.79 Å². The van der Waals surface area contributed by atoms with Gasteiger partial charge in [-0.25, -0.2) is 0 Å². The summed E-state index contributed by atoms with van der Waals surface area (Å²) in [5.41, 5.74) is 1.84. The molecule has 0 aromatic heterocycles. The molecule has 2 fully saturated rings. The molecule has 2 aliphatic rings. The number of likely N-dealkylation sites (tertiary alicyclic amines) is 1. The molecule has 4 nitrogen and oxygen atoms in total. The third-order valence-electron chi connectivity index (χ3n) is 4.81. The van der Waals surface area contributed by atoms with Crippen LogP contribution in [0, 0.1) is 12.8 Å². The Hall–Kier alpha value is -0.810. The number of benzene rings is 1. The number of nitrogens with zero attached hydrogens (tertiary/aromatic N) is 1. The van der Waals surface area contributed by atoms with Gasteiger partial charge in [0.05, 0.1) is 6.54 Å². The normalized spacial score (nSPS) is 18.9. The van der Waals surface area contributed by atoms with Crippen LogP contribution in [0.5, 0.6) is 0 Å². The molecule has 1 heterocycles. The first-order valence-corrected chi connectivity index (χ1v) is 8.99.